The summed E-state index contributed by atoms with van der Waals surface area (Å²) in [4.78, 5) is 18.5. The second-order valence-corrected chi connectivity index (χ2v) is 7.16. The minimum absolute atomic E-state index is 0.178. The number of pyridine rings is 1. The fraction of sp³-hybridized carbons (Fsp3) is 0.250. The summed E-state index contributed by atoms with van der Waals surface area (Å²) in [6.45, 7) is 1.89. The highest BCUT2D eigenvalue weighted by Crippen LogP contribution is 2.19. The van der Waals surface area contributed by atoms with Gasteiger partial charge >= 0.3 is 0 Å². The minimum Gasteiger partial charge on any atom is -0.333 e. The van der Waals surface area contributed by atoms with E-state index in [-0.39, 0.29) is 16.8 Å². The van der Waals surface area contributed by atoms with Crippen LogP contribution in [0.25, 0.3) is 0 Å². The molecule has 0 spiro atoms. The van der Waals surface area contributed by atoms with Crippen molar-refractivity contribution < 1.29 is 13.2 Å². The van der Waals surface area contributed by atoms with Gasteiger partial charge in [-0.15, -0.1) is 0 Å². The summed E-state index contributed by atoms with van der Waals surface area (Å²) in [6.07, 6.45) is 2.82. The van der Waals surface area contributed by atoms with Gasteiger partial charge in [-0.2, -0.15) is 0 Å². The lowest BCUT2D eigenvalue weighted by molar-refractivity contribution is 0.0739. The van der Waals surface area contributed by atoms with Gasteiger partial charge in [0.05, 0.1) is 16.6 Å². The van der Waals surface area contributed by atoms with Crippen LogP contribution >= 0.6 is 0 Å². The van der Waals surface area contributed by atoms with Crippen LogP contribution in [-0.4, -0.2) is 37.5 Å². The number of carbonyl (C=O) groups is 1. The number of hydrogen-bond acceptors (Lipinski definition) is 4. The molecule has 116 valence electrons. The fourth-order valence-electron chi connectivity index (χ4n) is 2.05. The van der Waals surface area contributed by atoms with E-state index in [0.717, 1.165) is 11.9 Å². The molecule has 0 aliphatic rings. The zero-order valence-electron chi connectivity index (χ0n) is 12.7. The monoisotopic (exact) mass is 318 g/mol. The summed E-state index contributed by atoms with van der Waals surface area (Å²) in [7, 11) is -1.56. The molecule has 0 aliphatic heterocycles. The average molecular weight is 318 g/mol. The van der Waals surface area contributed by atoms with Crippen molar-refractivity contribution >= 4 is 15.7 Å². The maximum Gasteiger partial charge on any atom is 0.254 e. The van der Waals surface area contributed by atoms with Crippen LogP contribution in [0.5, 0.6) is 0 Å². The Bertz CT molecular complexity index is 756. The molecule has 0 saturated heterocycles. The fourth-order valence-corrected chi connectivity index (χ4v) is 2.68. The molecule has 0 N–H and O–H groups in total. The Labute approximate surface area is 130 Å². The largest absolute Gasteiger partial charge is 0.333 e. The first-order chi connectivity index (χ1) is 10.3. The molecular formula is C16H18N2O3S. The molecule has 0 radical (unpaired) electrons. The van der Waals surface area contributed by atoms with E-state index in [0.29, 0.717) is 5.56 Å². The van der Waals surface area contributed by atoms with Gasteiger partial charge in [0.25, 0.3) is 5.91 Å². The van der Waals surface area contributed by atoms with E-state index < -0.39 is 9.84 Å². The Kier molecular flexibility index (Phi) is 4.61. The maximum absolute atomic E-state index is 12.5. The first-order valence-corrected chi connectivity index (χ1v) is 8.68. The lowest BCUT2D eigenvalue weighted by Crippen LogP contribution is -2.30. The second-order valence-electron chi connectivity index (χ2n) is 5.14. The lowest BCUT2D eigenvalue weighted by Gasteiger charge is -2.24. The summed E-state index contributed by atoms with van der Waals surface area (Å²) in [6, 6.07) is 11.3. The highest BCUT2D eigenvalue weighted by atomic mass is 32.2. The van der Waals surface area contributed by atoms with Crippen LogP contribution in [0, 0.1) is 0 Å². The zero-order valence-corrected chi connectivity index (χ0v) is 13.5. The number of hydrogen-bond donors (Lipinski definition) is 0. The Balaban J connectivity index is 2.21. The first kappa shape index (κ1) is 16.2. The first-order valence-electron chi connectivity index (χ1n) is 6.79. The Morgan fingerprint density at radius 2 is 1.77 bits per heavy atom. The zero-order chi connectivity index (χ0) is 16.3. The van der Waals surface area contributed by atoms with Gasteiger partial charge in [0.2, 0.25) is 0 Å². The predicted octanol–water partition coefficient (Wildman–Crippen LogP) is 2.32. The Morgan fingerprint density at radius 1 is 1.14 bits per heavy atom. The van der Waals surface area contributed by atoms with E-state index >= 15 is 0 Å². The molecule has 1 aromatic heterocycles. The number of rotatable bonds is 4. The van der Waals surface area contributed by atoms with Gasteiger partial charge in [-0.3, -0.25) is 9.78 Å². The molecule has 22 heavy (non-hydrogen) atoms. The predicted molar refractivity (Wildman–Crippen MR) is 84.3 cm³/mol. The summed E-state index contributed by atoms with van der Waals surface area (Å²) in [5, 5.41) is 0. The number of carbonyl (C=O) groups excluding carboxylic acids is 1. The van der Waals surface area contributed by atoms with Crippen molar-refractivity contribution in [2.75, 3.05) is 13.3 Å². The molecule has 0 saturated carbocycles. The van der Waals surface area contributed by atoms with E-state index in [1.54, 1.807) is 18.1 Å². The molecule has 0 bridgehead atoms. The number of amides is 1. The number of benzene rings is 1. The van der Waals surface area contributed by atoms with Crippen LogP contribution < -0.4 is 0 Å². The quantitative estimate of drug-likeness (QED) is 0.867. The third-order valence-electron chi connectivity index (χ3n) is 3.55. The maximum atomic E-state index is 12.5. The molecule has 5 nitrogen and oxygen atoms in total. The SMILES string of the molecule is CC(c1ccccn1)N(C)C(=O)c1ccc(S(C)(=O)=O)cc1. The van der Waals surface area contributed by atoms with Crippen LogP contribution in [-0.2, 0) is 9.84 Å². The molecule has 1 unspecified atom stereocenters. The molecule has 1 atom stereocenters. The van der Waals surface area contributed by atoms with Crippen molar-refractivity contribution in [2.24, 2.45) is 0 Å². The Morgan fingerprint density at radius 3 is 2.27 bits per heavy atom. The second kappa shape index (κ2) is 6.27. The molecule has 1 amide bonds. The van der Waals surface area contributed by atoms with E-state index in [9.17, 15) is 13.2 Å². The number of aromatic nitrogens is 1. The van der Waals surface area contributed by atoms with Crippen LogP contribution in [0.2, 0.25) is 0 Å². The van der Waals surface area contributed by atoms with Gasteiger partial charge in [0.15, 0.2) is 9.84 Å². The highest BCUT2D eigenvalue weighted by Gasteiger charge is 2.20. The number of sulfone groups is 1. The van der Waals surface area contributed by atoms with Crippen molar-refractivity contribution in [3.8, 4) is 0 Å². The van der Waals surface area contributed by atoms with Crippen LogP contribution in [0.4, 0.5) is 0 Å². The van der Waals surface area contributed by atoms with Crippen molar-refractivity contribution in [3.05, 3.63) is 59.9 Å². The van der Waals surface area contributed by atoms with Gasteiger partial charge in [-0.25, -0.2) is 8.42 Å². The molecule has 0 aliphatic carbocycles. The molecule has 1 aromatic carbocycles. The summed E-state index contributed by atoms with van der Waals surface area (Å²) < 4.78 is 22.9. The van der Waals surface area contributed by atoms with Gasteiger partial charge in [-0.1, -0.05) is 6.07 Å². The molecule has 2 rings (SSSR count). The van der Waals surface area contributed by atoms with Crippen LogP contribution in [0.1, 0.15) is 29.0 Å². The normalized spacial score (nSPS) is 12.7. The van der Waals surface area contributed by atoms with Crippen molar-refractivity contribution in [3.63, 3.8) is 0 Å². The smallest absolute Gasteiger partial charge is 0.254 e. The molecule has 1 heterocycles. The van der Waals surface area contributed by atoms with Crippen molar-refractivity contribution in [1.29, 1.82) is 0 Å². The van der Waals surface area contributed by atoms with Gasteiger partial charge in [0.1, 0.15) is 0 Å². The van der Waals surface area contributed by atoms with E-state index in [2.05, 4.69) is 4.98 Å². The summed E-state index contributed by atoms with van der Waals surface area (Å²) in [5.41, 5.74) is 1.24. The Hall–Kier alpha value is -2.21. The molecular weight excluding hydrogens is 300 g/mol. The third-order valence-corrected chi connectivity index (χ3v) is 4.67. The van der Waals surface area contributed by atoms with E-state index in [1.165, 1.54) is 24.3 Å². The van der Waals surface area contributed by atoms with Crippen LogP contribution in [0.15, 0.2) is 53.6 Å². The van der Waals surface area contributed by atoms with Gasteiger partial charge in [0, 0.05) is 25.1 Å². The van der Waals surface area contributed by atoms with Crippen molar-refractivity contribution in [1.82, 2.24) is 9.88 Å². The van der Waals surface area contributed by atoms with E-state index in [4.69, 9.17) is 0 Å². The molecule has 2 aromatic rings. The van der Waals surface area contributed by atoms with E-state index in [1.807, 2.05) is 25.1 Å². The third kappa shape index (κ3) is 3.51. The van der Waals surface area contributed by atoms with Crippen molar-refractivity contribution in [2.45, 2.75) is 17.9 Å². The topological polar surface area (TPSA) is 67.3 Å². The van der Waals surface area contributed by atoms with Gasteiger partial charge in [-0.05, 0) is 43.3 Å². The molecule has 0 fully saturated rings. The summed E-state index contributed by atoms with van der Waals surface area (Å²) in [5.74, 6) is -0.182. The standard InChI is InChI=1S/C16H18N2O3S/c1-12(15-6-4-5-11-17-15)18(2)16(19)13-7-9-14(10-8-13)22(3,20)21/h4-12H,1-3H3. The molecule has 6 heteroatoms. The minimum atomic E-state index is -3.26. The van der Waals surface area contributed by atoms with Crippen LogP contribution in [0.3, 0.4) is 0 Å². The number of nitrogens with zero attached hydrogens (tertiary/aromatic N) is 2. The lowest BCUT2D eigenvalue weighted by atomic mass is 10.1. The van der Waals surface area contributed by atoms with Gasteiger partial charge < -0.3 is 4.90 Å². The highest BCUT2D eigenvalue weighted by molar-refractivity contribution is 7.90. The summed E-state index contributed by atoms with van der Waals surface area (Å²) >= 11 is 0. The average Bonchev–Trinajstić information content (AvgIpc) is 2.53.